The van der Waals surface area contributed by atoms with Gasteiger partial charge in [-0.25, -0.2) is 0 Å². The second kappa shape index (κ2) is 7.58. The van der Waals surface area contributed by atoms with Gasteiger partial charge >= 0.3 is 0 Å². The summed E-state index contributed by atoms with van der Waals surface area (Å²) in [5, 5.41) is 12.6. The molecule has 0 heterocycles. The highest BCUT2D eigenvalue weighted by Crippen LogP contribution is 2.24. The molecule has 2 unspecified atom stereocenters. The molecule has 2 N–H and O–H groups in total. The van der Waals surface area contributed by atoms with Crippen molar-refractivity contribution in [3.05, 3.63) is 28.2 Å². The van der Waals surface area contributed by atoms with Gasteiger partial charge in [0.15, 0.2) is 6.10 Å². The minimum absolute atomic E-state index is 0.0993. The van der Waals surface area contributed by atoms with Crippen LogP contribution in [0, 0.1) is 0 Å². The van der Waals surface area contributed by atoms with Crippen LogP contribution in [-0.4, -0.2) is 29.8 Å². The van der Waals surface area contributed by atoms with E-state index in [1.54, 1.807) is 25.1 Å². The molecular formula is C13H17Cl2NO3. The van der Waals surface area contributed by atoms with E-state index in [1.807, 2.05) is 6.92 Å². The van der Waals surface area contributed by atoms with E-state index in [-0.39, 0.29) is 18.6 Å². The van der Waals surface area contributed by atoms with Crippen LogP contribution in [0.3, 0.4) is 0 Å². The average molecular weight is 306 g/mol. The summed E-state index contributed by atoms with van der Waals surface area (Å²) in [6, 6.07) is 4.49. The first kappa shape index (κ1) is 16.1. The number of halogens is 2. The Labute approximate surface area is 122 Å². The predicted octanol–water partition coefficient (Wildman–Crippen LogP) is 2.65. The summed E-state index contributed by atoms with van der Waals surface area (Å²) in [6.07, 6.45) is -0.0482. The molecule has 0 spiro atoms. The van der Waals surface area contributed by atoms with E-state index in [0.29, 0.717) is 22.2 Å². The van der Waals surface area contributed by atoms with Crippen molar-refractivity contribution in [3.63, 3.8) is 0 Å². The number of aliphatic hydroxyl groups excluding tert-OH is 1. The van der Waals surface area contributed by atoms with Crippen molar-refractivity contribution in [2.75, 3.05) is 6.61 Å². The highest BCUT2D eigenvalue weighted by molar-refractivity contribution is 6.34. The van der Waals surface area contributed by atoms with Crippen molar-refractivity contribution in [1.82, 2.24) is 5.32 Å². The number of benzene rings is 1. The molecule has 0 radical (unpaired) electrons. The van der Waals surface area contributed by atoms with Gasteiger partial charge in [-0.2, -0.15) is 0 Å². The number of ether oxygens (including phenoxy) is 1. The largest absolute Gasteiger partial charge is 0.481 e. The van der Waals surface area contributed by atoms with E-state index in [2.05, 4.69) is 5.32 Å². The molecule has 2 atom stereocenters. The monoisotopic (exact) mass is 305 g/mol. The van der Waals surface area contributed by atoms with Crippen LogP contribution in [0.2, 0.25) is 10.0 Å². The molecule has 0 saturated heterocycles. The first-order chi connectivity index (χ1) is 8.96. The van der Waals surface area contributed by atoms with Crippen LogP contribution >= 0.6 is 23.2 Å². The van der Waals surface area contributed by atoms with Crippen LogP contribution in [-0.2, 0) is 4.79 Å². The van der Waals surface area contributed by atoms with Gasteiger partial charge in [0.05, 0.1) is 12.6 Å². The van der Waals surface area contributed by atoms with Gasteiger partial charge in [-0.05, 0) is 31.5 Å². The Morgan fingerprint density at radius 1 is 1.37 bits per heavy atom. The molecule has 0 saturated carbocycles. The zero-order chi connectivity index (χ0) is 14.4. The minimum atomic E-state index is -0.699. The molecule has 1 rings (SSSR count). The molecule has 4 nitrogen and oxygen atoms in total. The van der Waals surface area contributed by atoms with Crippen LogP contribution in [0.15, 0.2) is 18.2 Å². The Hall–Kier alpha value is -0.970. The number of aliphatic hydroxyl groups is 1. The lowest BCUT2D eigenvalue weighted by Gasteiger charge is -2.19. The molecule has 0 aliphatic carbocycles. The van der Waals surface area contributed by atoms with Crippen LogP contribution in [0.4, 0.5) is 0 Å². The average Bonchev–Trinajstić information content (AvgIpc) is 2.34. The third kappa shape index (κ3) is 5.27. The molecular weight excluding hydrogens is 289 g/mol. The van der Waals surface area contributed by atoms with Crippen molar-refractivity contribution in [2.45, 2.75) is 32.4 Å². The summed E-state index contributed by atoms with van der Waals surface area (Å²) in [6.45, 7) is 3.40. The molecule has 1 aromatic carbocycles. The van der Waals surface area contributed by atoms with Gasteiger partial charge in [0, 0.05) is 10.0 Å². The molecule has 0 aromatic heterocycles. The summed E-state index contributed by atoms with van der Waals surface area (Å²) < 4.78 is 5.47. The molecule has 6 heteroatoms. The molecule has 19 heavy (non-hydrogen) atoms. The van der Waals surface area contributed by atoms with Gasteiger partial charge in [0.25, 0.3) is 5.91 Å². The zero-order valence-corrected chi connectivity index (χ0v) is 12.3. The zero-order valence-electron chi connectivity index (χ0n) is 10.8. The fourth-order valence-corrected chi connectivity index (χ4v) is 1.96. The van der Waals surface area contributed by atoms with Gasteiger partial charge in [-0.15, -0.1) is 0 Å². The number of carbonyl (C=O) groups is 1. The highest BCUT2D eigenvalue weighted by atomic mass is 35.5. The van der Waals surface area contributed by atoms with E-state index < -0.39 is 6.10 Å². The maximum Gasteiger partial charge on any atom is 0.261 e. The standard InChI is InChI=1S/C13H17Cl2NO3/c1-3-11(7-17)16-13(18)8(2)19-12-5-9(14)4-10(15)6-12/h4-6,8,11,17H,3,7H2,1-2H3,(H,16,18). The maximum absolute atomic E-state index is 11.8. The minimum Gasteiger partial charge on any atom is -0.481 e. The lowest BCUT2D eigenvalue weighted by Crippen LogP contribution is -2.43. The van der Waals surface area contributed by atoms with E-state index in [9.17, 15) is 4.79 Å². The number of rotatable bonds is 6. The van der Waals surface area contributed by atoms with Gasteiger partial charge < -0.3 is 15.2 Å². The van der Waals surface area contributed by atoms with Crippen LogP contribution < -0.4 is 10.1 Å². The maximum atomic E-state index is 11.8. The molecule has 106 valence electrons. The third-order valence-corrected chi connectivity index (χ3v) is 3.01. The molecule has 0 aliphatic rings. The normalized spacial score (nSPS) is 13.7. The van der Waals surface area contributed by atoms with Gasteiger partial charge in [0.2, 0.25) is 0 Å². The fourth-order valence-electron chi connectivity index (χ4n) is 1.45. The Balaban J connectivity index is 2.63. The van der Waals surface area contributed by atoms with E-state index in [0.717, 1.165) is 0 Å². The van der Waals surface area contributed by atoms with E-state index >= 15 is 0 Å². The van der Waals surface area contributed by atoms with Gasteiger partial charge in [-0.1, -0.05) is 30.1 Å². The number of carbonyl (C=O) groups excluding carboxylic acids is 1. The molecule has 1 aromatic rings. The Kier molecular flexibility index (Phi) is 6.42. The summed E-state index contributed by atoms with van der Waals surface area (Å²) >= 11 is 11.7. The quantitative estimate of drug-likeness (QED) is 0.849. The van der Waals surface area contributed by atoms with Crippen LogP contribution in [0.25, 0.3) is 0 Å². The SMILES string of the molecule is CCC(CO)NC(=O)C(C)Oc1cc(Cl)cc(Cl)c1. The Bertz CT molecular complexity index is 416. The highest BCUT2D eigenvalue weighted by Gasteiger charge is 2.18. The van der Waals surface area contributed by atoms with Crippen LogP contribution in [0.5, 0.6) is 5.75 Å². The lowest BCUT2D eigenvalue weighted by atomic mass is 10.2. The number of amides is 1. The predicted molar refractivity (Wildman–Crippen MR) is 75.9 cm³/mol. The second-order valence-corrected chi connectivity index (χ2v) is 5.03. The third-order valence-electron chi connectivity index (χ3n) is 2.58. The summed E-state index contributed by atoms with van der Waals surface area (Å²) in [5.74, 6) is 0.134. The molecule has 0 bridgehead atoms. The molecule has 0 fully saturated rings. The van der Waals surface area contributed by atoms with Gasteiger partial charge in [0.1, 0.15) is 5.75 Å². The van der Waals surface area contributed by atoms with Crippen molar-refractivity contribution >= 4 is 29.1 Å². The first-order valence-corrected chi connectivity index (χ1v) is 6.75. The van der Waals surface area contributed by atoms with Crippen molar-refractivity contribution < 1.29 is 14.6 Å². The first-order valence-electron chi connectivity index (χ1n) is 6.00. The number of nitrogens with one attached hydrogen (secondary N) is 1. The molecule has 0 aliphatic heterocycles. The van der Waals surface area contributed by atoms with Crippen LogP contribution in [0.1, 0.15) is 20.3 Å². The van der Waals surface area contributed by atoms with Crippen molar-refractivity contribution in [1.29, 1.82) is 0 Å². The summed E-state index contributed by atoms with van der Waals surface area (Å²) in [5.41, 5.74) is 0. The topological polar surface area (TPSA) is 58.6 Å². The smallest absolute Gasteiger partial charge is 0.261 e. The molecule has 1 amide bonds. The van der Waals surface area contributed by atoms with Crippen molar-refractivity contribution in [3.8, 4) is 5.75 Å². The second-order valence-electron chi connectivity index (χ2n) is 4.16. The Morgan fingerprint density at radius 3 is 2.42 bits per heavy atom. The van der Waals surface area contributed by atoms with E-state index in [4.69, 9.17) is 33.0 Å². The number of hydrogen-bond donors (Lipinski definition) is 2. The van der Waals surface area contributed by atoms with Crippen molar-refractivity contribution in [2.24, 2.45) is 0 Å². The summed E-state index contributed by atoms with van der Waals surface area (Å²) in [7, 11) is 0. The van der Waals surface area contributed by atoms with E-state index in [1.165, 1.54) is 0 Å². The Morgan fingerprint density at radius 2 is 1.95 bits per heavy atom. The van der Waals surface area contributed by atoms with Gasteiger partial charge in [-0.3, -0.25) is 4.79 Å². The number of hydrogen-bond acceptors (Lipinski definition) is 3. The fraction of sp³-hybridized carbons (Fsp3) is 0.462. The summed E-state index contributed by atoms with van der Waals surface area (Å²) in [4.78, 5) is 11.8. The lowest BCUT2D eigenvalue weighted by molar-refractivity contribution is -0.128.